The zero-order valence-corrected chi connectivity index (χ0v) is 8.71. The zero-order valence-electron chi connectivity index (χ0n) is 7.95. The number of rotatable bonds is 3. The van der Waals surface area contributed by atoms with Crippen LogP contribution in [-0.2, 0) is 0 Å². The lowest BCUT2D eigenvalue weighted by molar-refractivity contribution is 0.101. The van der Waals surface area contributed by atoms with Crippen molar-refractivity contribution in [3.8, 4) is 17.6 Å². The number of ketones is 1. The summed E-state index contributed by atoms with van der Waals surface area (Å²) in [4.78, 5) is 11.4. The molecule has 78 valence electrons. The number of aromatic hydroxyl groups is 1. The molecular weight excluding hydrogens is 218 g/mol. The minimum Gasteiger partial charge on any atom is -0.504 e. The summed E-state index contributed by atoms with van der Waals surface area (Å²) in [6.07, 6.45) is 0. The van der Waals surface area contributed by atoms with E-state index >= 15 is 0 Å². The smallest absolute Gasteiger partial charge is 0.181 e. The molecule has 0 amide bonds. The molecule has 0 saturated heterocycles. The molecular formula is C10H8ClNO3. The summed E-state index contributed by atoms with van der Waals surface area (Å²) in [5.41, 5.74) is 0.297. The number of nitrogens with zero attached hydrogens (tertiary/aromatic N) is 1. The van der Waals surface area contributed by atoms with Gasteiger partial charge in [0, 0.05) is 6.07 Å². The van der Waals surface area contributed by atoms with Gasteiger partial charge < -0.3 is 9.84 Å². The second kappa shape index (κ2) is 4.67. The molecule has 0 aliphatic carbocycles. The predicted molar refractivity (Wildman–Crippen MR) is 54.4 cm³/mol. The van der Waals surface area contributed by atoms with E-state index in [0.717, 1.165) is 0 Å². The van der Waals surface area contributed by atoms with Gasteiger partial charge in [0.05, 0.1) is 30.2 Å². The third-order valence-corrected chi connectivity index (χ3v) is 2.07. The molecule has 1 aromatic rings. The van der Waals surface area contributed by atoms with Crippen molar-refractivity contribution in [2.24, 2.45) is 0 Å². The molecule has 4 nitrogen and oxygen atoms in total. The summed E-state index contributed by atoms with van der Waals surface area (Å²) in [5, 5.41) is 18.1. The number of benzene rings is 1. The number of phenols is 1. The number of Topliss-reactive ketones (excluding diaryl/α,β-unsaturated/α-hetero) is 1. The highest BCUT2D eigenvalue weighted by Gasteiger charge is 2.16. The fraction of sp³-hybridized carbons (Fsp3) is 0.200. The van der Waals surface area contributed by atoms with E-state index in [2.05, 4.69) is 0 Å². The summed E-state index contributed by atoms with van der Waals surface area (Å²) < 4.78 is 4.86. The van der Waals surface area contributed by atoms with Gasteiger partial charge in [-0.05, 0) is 6.07 Å². The Bertz CT molecular complexity index is 437. The van der Waals surface area contributed by atoms with E-state index in [-0.39, 0.29) is 28.5 Å². The summed E-state index contributed by atoms with van der Waals surface area (Å²) in [5.74, 6) is -0.837. The van der Waals surface area contributed by atoms with Crippen molar-refractivity contribution in [2.45, 2.75) is 0 Å². The molecule has 0 unspecified atom stereocenters. The van der Waals surface area contributed by atoms with Crippen LogP contribution in [0.2, 0.25) is 0 Å². The number of alkyl halides is 1. The molecule has 1 rings (SSSR count). The van der Waals surface area contributed by atoms with Crippen molar-refractivity contribution >= 4 is 17.4 Å². The maximum atomic E-state index is 11.4. The number of halogens is 1. The highest BCUT2D eigenvalue weighted by Crippen LogP contribution is 2.31. The molecule has 0 heterocycles. The maximum absolute atomic E-state index is 11.4. The van der Waals surface area contributed by atoms with Crippen LogP contribution in [0.3, 0.4) is 0 Å². The van der Waals surface area contributed by atoms with Gasteiger partial charge in [-0.2, -0.15) is 5.26 Å². The second-order valence-corrected chi connectivity index (χ2v) is 3.01. The van der Waals surface area contributed by atoms with Crippen LogP contribution >= 0.6 is 11.6 Å². The molecule has 0 fully saturated rings. The molecule has 0 aliphatic heterocycles. The van der Waals surface area contributed by atoms with Gasteiger partial charge in [-0.25, -0.2) is 0 Å². The number of hydrogen-bond acceptors (Lipinski definition) is 4. The average Bonchev–Trinajstić information content (AvgIpc) is 2.26. The first kappa shape index (κ1) is 11.3. The first-order valence-corrected chi connectivity index (χ1v) is 4.57. The van der Waals surface area contributed by atoms with Crippen LogP contribution in [0, 0.1) is 11.3 Å². The Labute approximate surface area is 91.7 Å². The molecule has 0 saturated carbocycles. The minimum absolute atomic E-state index is 0.0413. The lowest BCUT2D eigenvalue weighted by Crippen LogP contribution is -2.04. The predicted octanol–water partition coefficient (Wildman–Crippen LogP) is 1.69. The molecule has 1 N–H and O–H groups in total. The van der Waals surface area contributed by atoms with Crippen molar-refractivity contribution in [2.75, 3.05) is 13.0 Å². The van der Waals surface area contributed by atoms with Gasteiger partial charge in [0.25, 0.3) is 0 Å². The van der Waals surface area contributed by atoms with Crippen molar-refractivity contribution in [1.29, 1.82) is 5.26 Å². The Morgan fingerprint density at radius 2 is 2.33 bits per heavy atom. The number of nitriles is 1. The van der Waals surface area contributed by atoms with Crippen LogP contribution in [0.1, 0.15) is 15.9 Å². The fourth-order valence-corrected chi connectivity index (χ4v) is 1.32. The van der Waals surface area contributed by atoms with Crippen LogP contribution < -0.4 is 4.74 Å². The first-order valence-electron chi connectivity index (χ1n) is 4.04. The van der Waals surface area contributed by atoms with E-state index in [1.54, 1.807) is 0 Å². The SMILES string of the molecule is COc1c(O)cc(C#N)cc1C(=O)CCl. The van der Waals surface area contributed by atoms with E-state index in [4.69, 9.17) is 21.6 Å². The number of ether oxygens (including phenoxy) is 1. The van der Waals surface area contributed by atoms with Gasteiger partial charge in [0.15, 0.2) is 17.3 Å². The van der Waals surface area contributed by atoms with Crippen molar-refractivity contribution < 1.29 is 14.6 Å². The fourth-order valence-electron chi connectivity index (χ4n) is 1.17. The summed E-state index contributed by atoms with van der Waals surface area (Å²) in [7, 11) is 1.33. The second-order valence-electron chi connectivity index (χ2n) is 2.74. The highest BCUT2D eigenvalue weighted by molar-refractivity contribution is 6.30. The average molecular weight is 226 g/mol. The highest BCUT2D eigenvalue weighted by atomic mass is 35.5. The normalized spacial score (nSPS) is 9.40. The van der Waals surface area contributed by atoms with E-state index in [1.807, 2.05) is 6.07 Å². The number of phenolic OH excluding ortho intramolecular Hbond substituents is 1. The number of carbonyl (C=O) groups excluding carboxylic acids is 1. The quantitative estimate of drug-likeness (QED) is 0.628. The van der Waals surface area contributed by atoms with Gasteiger partial charge in [-0.3, -0.25) is 4.79 Å². The Kier molecular flexibility index (Phi) is 3.53. The zero-order chi connectivity index (χ0) is 11.4. The third-order valence-electron chi connectivity index (χ3n) is 1.82. The number of carbonyl (C=O) groups is 1. The Balaban J connectivity index is 3.40. The number of methoxy groups -OCH3 is 1. The monoisotopic (exact) mass is 225 g/mol. The molecule has 0 radical (unpaired) electrons. The summed E-state index contributed by atoms with van der Waals surface area (Å²) in [6.45, 7) is 0. The lowest BCUT2D eigenvalue weighted by Gasteiger charge is -2.08. The molecule has 1 aromatic carbocycles. The van der Waals surface area contributed by atoms with Crippen LogP contribution in [-0.4, -0.2) is 23.9 Å². The first-order chi connectivity index (χ1) is 7.13. The molecule has 15 heavy (non-hydrogen) atoms. The largest absolute Gasteiger partial charge is 0.504 e. The molecule has 0 aliphatic rings. The van der Waals surface area contributed by atoms with E-state index in [9.17, 15) is 9.90 Å². The van der Waals surface area contributed by atoms with Gasteiger partial charge in [-0.1, -0.05) is 0 Å². The Hall–Kier alpha value is -1.73. The summed E-state index contributed by atoms with van der Waals surface area (Å²) >= 11 is 5.39. The molecule has 0 atom stereocenters. The van der Waals surface area contributed by atoms with Crippen LogP contribution in [0.5, 0.6) is 11.5 Å². The molecule has 0 spiro atoms. The topological polar surface area (TPSA) is 70.3 Å². The molecule has 5 heteroatoms. The Morgan fingerprint density at radius 3 is 2.80 bits per heavy atom. The standard InChI is InChI=1S/C10H8ClNO3/c1-15-10-7(9(14)4-11)2-6(5-12)3-8(10)13/h2-3,13H,4H2,1H3. The van der Waals surface area contributed by atoms with E-state index in [0.29, 0.717) is 0 Å². The number of hydrogen-bond donors (Lipinski definition) is 1. The Morgan fingerprint density at radius 1 is 1.67 bits per heavy atom. The minimum atomic E-state index is -0.402. The summed E-state index contributed by atoms with van der Waals surface area (Å²) in [6, 6.07) is 4.39. The van der Waals surface area contributed by atoms with Gasteiger partial charge in [0.1, 0.15) is 0 Å². The van der Waals surface area contributed by atoms with E-state index in [1.165, 1.54) is 19.2 Å². The van der Waals surface area contributed by atoms with Gasteiger partial charge >= 0.3 is 0 Å². The molecule has 0 aromatic heterocycles. The lowest BCUT2D eigenvalue weighted by atomic mass is 10.1. The third kappa shape index (κ3) is 2.20. The van der Waals surface area contributed by atoms with Gasteiger partial charge in [-0.15, -0.1) is 11.6 Å². The van der Waals surface area contributed by atoms with Crippen LogP contribution in [0.25, 0.3) is 0 Å². The van der Waals surface area contributed by atoms with Crippen molar-refractivity contribution in [3.05, 3.63) is 23.3 Å². The van der Waals surface area contributed by atoms with Gasteiger partial charge in [0.2, 0.25) is 0 Å². The molecule has 0 bridgehead atoms. The van der Waals surface area contributed by atoms with E-state index < -0.39 is 5.78 Å². The van der Waals surface area contributed by atoms with Crippen LogP contribution in [0.15, 0.2) is 12.1 Å². The maximum Gasteiger partial charge on any atom is 0.181 e. The van der Waals surface area contributed by atoms with Crippen LogP contribution in [0.4, 0.5) is 0 Å². The van der Waals surface area contributed by atoms with Crippen molar-refractivity contribution in [1.82, 2.24) is 0 Å². The van der Waals surface area contributed by atoms with Crippen molar-refractivity contribution in [3.63, 3.8) is 0 Å².